The molecule has 0 aliphatic rings. The number of benzene rings is 2. The fourth-order valence-corrected chi connectivity index (χ4v) is 9.56. The predicted molar refractivity (Wildman–Crippen MR) is 217 cm³/mol. The molecule has 0 unspecified atom stereocenters. The molecular formula is C40H70N2O8P2. The molecule has 0 bridgehead atoms. The van der Waals surface area contributed by atoms with E-state index in [1.54, 1.807) is 0 Å². The molecule has 2 aromatic rings. The van der Waals surface area contributed by atoms with Gasteiger partial charge in [-0.3, -0.25) is 9.13 Å². The molecule has 0 atom stereocenters. The second-order valence-electron chi connectivity index (χ2n) is 13.2. The normalized spacial score (nSPS) is 12.0. The highest BCUT2D eigenvalue weighted by atomic mass is 31.2. The van der Waals surface area contributed by atoms with Gasteiger partial charge in [0.2, 0.25) is 0 Å². The van der Waals surface area contributed by atoms with Crippen LogP contribution in [0.1, 0.15) is 130 Å². The van der Waals surface area contributed by atoms with Crippen molar-refractivity contribution >= 4 is 26.6 Å². The van der Waals surface area contributed by atoms with E-state index in [1.165, 1.54) is 38.5 Å². The van der Waals surface area contributed by atoms with Crippen LogP contribution in [0, 0.1) is 0 Å². The van der Waals surface area contributed by atoms with Gasteiger partial charge in [-0.05, 0) is 88.8 Å². The van der Waals surface area contributed by atoms with Crippen LogP contribution in [0.2, 0.25) is 0 Å². The molecule has 52 heavy (non-hydrogen) atoms. The van der Waals surface area contributed by atoms with Crippen LogP contribution in [0.25, 0.3) is 11.1 Å². The zero-order chi connectivity index (χ0) is 37.9. The summed E-state index contributed by atoms with van der Waals surface area (Å²) in [5.74, 6) is 1.40. The van der Waals surface area contributed by atoms with E-state index < -0.39 is 15.2 Å². The first kappa shape index (κ1) is 46.1. The Hall–Kier alpha value is -2.06. The topological polar surface area (TPSA) is 142 Å². The Bertz CT molecular complexity index is 1210. The number of unbranched alkanes of at least 4 members (excludes halogenated alkanes) is 14. The van der Waals surface area contributed by atoms with E-state index in [0.717, 1.165) is 75.3 Å². The second kappa shape index (κ2) is 27.5. The molecule has 0 spiro atoms. The summed E-state index contributed by atoms with van der Waals surface area (Å²) in [6, 6.07) is 11.8. The maximum atomic E-state index is 12.5. The Morgan fingerprint density at radius 1 is 0.442 bits per heavy atom. The van der Waals surface area contributed by atoms with Gasteiger partial charge in [0.05, 0.1) is 63.3 Å². The molecule has 0 heterocycles. The van der Waals surface area contributed by atoms with Gasteiger partial charge in [0.15, 0.2) is 0 Å². The first-order chi connectivity index (χ1) is 25.2. The van der Waals surface area contributed by atoms with Crippen molar-refractivity contribution in [3.63, 3.8) is 0 Å². The third-order valence-electron chi connectivity index (χ3n) is 8.83. The van der Waals surface area contributed by atoms with E-state index in [4.69, 9.17) is 39.0 Å². The summed E-state index contributed by atoms with van der Waals surface area (Å²) in [5.41, 5.74) is 15.8. The summed E-state index contributed by atoms with van der Waals surface area (Å²) in [6.07, 6.45) is 18.4. The van der Waals surface area contributed by atoms with E-state index in [-0.39, 0.29) is 0 Å². The number of ether oxygens (including phenoxy) is 2. The monoisotopic (exact) mass is 768 g/mol. The van der Waals surface area contributed by atoms with Crippen LogP contribution in [0.5, 0.6) is 11.5 Å². The standard InChI is InChI=1S/C40H70N2O8P2/c1-5-47-51(43,48-6-2)31-23-19-15-11-9-13-17-21-29-45-39-33-35(25-27-37(39)41)36-26-28-38(42)40(34-36)46-30-22-18-14-10-12-16-20-24-32-52(44,49-7-3)50-8-4/h25-28,33-34H,5-24,29-32,41-42H2,1-4H3. The van der Waals surface area contributed by atoms with E-state index in [1.807, 2.05) is 64.1 Å². The number of nitrogens with two attached hydrogens (primary N) is 2. The molecule has 0 saturated carbocycles. The summed E-state index contributed by atoms with van der Waals surface area (Å²) in [4.78, 5) is 0. The van der Waals surface area contributed by atoms with Crippen molar-refractivity contribution in [3.8, 4) is 22.6 Å². The van der Waals surface area contributed by atoms with Crippen molar-refractivity contribution in [1.82, 2.24) is 0 Å². The van der Waals surface area contributed by atoms with E-state index in [2.05, 4.69) is 0 Å². The lowest BCUT2D eigenvalue weighted by Crippen LogP contribution is -2.02. The van der Waals surface area contributed by atoms with Gasteiger partial charge in [-0.25, -0.2) is 0 Å². The van der Waals surface area contributed by atoms with Crippen molar-refractivity contribution in [2.75, 3.05) is 63.4 Å². The molecule has 12 heteroatoms. The maximum Gasteiger partial charge on any atom is 0.330 e. The summed E-state index contributed by atoms with van der Waals surface area (Å²) in [5, 5.41) is 0. The number of nitrogen functional groups attached to an aromatic ring is 2. The lowest BCUT2D eigenvalue weighted by Gasteiger charge is -2.16. The van der Waals surface area contributed by atoms with E-state index in [0.29, 0.717) is 74.8 Å². The van der Waals surface area contributed by atoms with Crippen LogP contribution >= 0.6 is 15.2 Å². The first-order valence-corrected chi connectivity index (χ1v) is 23.5. The molecule has 4 N–H and O–H groups in total. The molecule has 298 valence electrons. The highest BCUT2D eigenvalue weighted by Gasteiger charge is 2.23. The second-order valence-corrected chi connectivity index (χ2v) is 17.6. The van der Waals surface area contributed by atoms with E-state index >= 15 is 0 Å². The van der Waals surface area contributed by atoms with Crippen molar-refractivity contribution in [3.05, 3.63) is 36.4 Å². The van der Waals surface area contributed by atoms with Crippen molar-refractivity contribution in [2.24, 2.45) is 0 Å². The smallest absolute Gasteiger partial charge is 0.330 e. The van der Waals surface area contributed by atoms with Gasteiger partial charge in [-0.15, -0.1) is 0 Å². The third kappa shape index (κ3) is 19.3. The number of hydrogen-bond donors (Lipinski definition) is 2. The van der Waals surface area contributed by atoms with Gasteiger partial charge in [-0.2, -0.15) is 0 Å². The minimum atomic E-state index is -2.91. The quantitative estimate of drug-likeness (QED) is 0.0409. The molecule has 2 rings (SSSR count). The SMILES string of the molecule is CCOP(=O)(CCCCCCCCCCOc1cc(-c2ccc(N)c(OCCCCCCCCCCP(=O)(OCC)OCC)c2)ccc1N)OCC. The zero-order valence-corrected chi connectivity index (χ0v) is 34.5. The Kier molecular flexibility index (Phi) is 24.4. The van der Waals surface area contributed by atoms with Gasteiger partial charge < -0.3 is 39.0 Å². The molecule has 0 amide bonds. The average Bonchev–Trinajstić information content (AvgIpc) is 3.11. The Labute approximate surface area is 315 Å². The Morgan fingerprint density at radius 2 is 0.731 bits per heavy atom. The molecule has 0 aromatic heterocycles. The Morgan fingerprint density at radius 3 is 1.04 bits per heavy atom. The van der Waals surface area contributed by atoms with Crippen LogP contribution in [0.3, 0.4) is 0 Å². The van der Waals surface area contributed by atoms with Crippen LogP contribution in [0.15, 0.2) is 36.4 Å². The van der Waals surface area contributed by atoms with Crippen LogP contribution in [-0.2, 0) is 27.2 Å². The summed E-state index contributed by atoms with van der Waals surface area (Å²) in [6.45, 7) is 10.3. The first-order valence-electron chi connectivity index (χ1n) is 20.0. The molecule has 0 saturated heterocycles. The molecular weight excluding hydrogens is 698 g/mol. The van der Waals surface area contributed by atoms with Gasteiger partial charge >= 0.3 is 15.2 Å². The third-order valence-corrected chi connectivity index (χ3v) is 13.2. The molecule has 0 aliphatic carbocycles. The zero-order valence-electron chi connectivity index (χ0n) is 32.7. The van der Waals surface area contributed by atoms with Crippen molar-refractivity contribution < 1.29 is 36.7 Å². The van der Waals surface area contributed by atoms with Crippen LogP contribution in [0.4, 0.5) is 11.4 Å². The largest absolute Gasteiger partial charge is 0.491 e. The highest BCUT2D eigenvalue weighted by Crippen LogP contribution is 2.49. The molecule has 0 aliphatic heterocycles. The average molecular weight is 769 g/mol. The Balaban J connectivity index is 1.62. The summed E-state index contributed by atoms with van der Waals surface area (Å²) in [7, 11) is -5.81. The van der Waals surface area contributed by atoms with Gasteiger partial charge in [0, 0.05) is 0 Å². The van der Waals surface area contributed by atoms with Gasteiger partial charge in [-0.1, -0.05) is 89.2 Å². The van der Waals surface area contributed by atoms with Gasteiger partial charge in [0.1, 0.15) is 11.5 Å². The summed E-state index contributed by atoms with van der Waals surface area (Å²) < 4.78 is 58.8. The van der Waals surface area contributed by atoms with Crippen molar-refractivity contribution in [1.29, 1.82) is 0 Å². The maximum absolute atomic E-state index is 12.5. The number of rotatable bonds is 33. The van der Waals surface area contributed by atoms with Crippen LogP contribution in [-0.4, -0.2) is 52.0 Å². The van der Waals surface area contributed by atoms with Crippen molar-refractivity contribution in [2.45, 2.75) is 130 Å². The predicted octanol–water partition coefficient (Wildman–Crippen LogP) is 12.0. The lowest BCUT2D eigenvalue weighted by molar-refractivity contribution is 0.218. The van der Waals surface area contributed by atoms with E-state index in [9.17, 15) is 9.13 Å². The lowest BCUT2D eigenvalue weighted by atomic mass is 10.0. The number of hydrogen-bond acceptors (Lipinski definition) is 10. The number of anilines is 2. The highest BCUT2D eigenvalue weighted by molar-refractivity contribution is 7.54. The fraction of sp³-hybridized carbons (Fsp3) is 0.700. The minimum Gasteiger partial charge on any atom is -0.491 e. The summed E-state index contributed by atoms with van der Waals surface area (Å²) >= 11 is 0. The molecule has 2 aromatic carbocycles. The molecule has 0 fully saturated rings. The minimum absolute atomic E-state index is 0.420. The molecule has 0 radical (unpaired) electrons. The molecule has 10 nitrogen and oxygen atoms in total. The fourth-order valence-electron chi connectivity index (χ4n) is 6.10. The van der Waals surface area contributed by atoms with Crippen LogP contribution < -0.4 is 20.9 Å². The van der Waals surface area contributed by atoms with Gasteiger partial charge in [0.25, 0.3) is 0 Å².